The minimum atomic E-state index is -0.389. The van der Waals surface area contributed by atoms with E-state index in [9.17, 15) is 14.9 Å². The minimum Gasteiger partial charge on any atom is -0.462 e. The summed E-state index contributed by atoms with van der Waals surface area (Å²) in [6, 6.07) is 6.99. The molecule has 0 N–H and O–H groups in total. The van der Waals surface area contributed by atoms with Gasteiger partial charge in [-0.1, -0.05) is 18.2 Å². The van der Waals surface area contributed by atoms with Crippen molar-refractivity contribution in [3.63, 3.8) is 0 Å². The molecule has 0 amide bonds. The van der Waals surface area contributed by atoms with Crippen LogP contribution in [0.5, 0.6) is 0 Å². The molecule has 0 atom stereocenters. The number of nitrogens with zero attached hydrogens (tertiary/aromatic N) is 1. The Morgan fingerprint density at radius 2 is 2.00 bits per heavy atom. The third-order valence-corrected chi connectivity index (χ3v) is 2.24. The van der Waals surface area contributed by atoms with Crippen LogP contribution in [0.3, 0.4) is 0 Å². The molecule has 1 rings (SSSR count). The van der Waals surface area contributed by atoms with Gasteiger partial charge in [0, 0.05) is 4.92 Å². The number of hydrogen-bond acceptors (Lipinski definition) is 4. The zero-order valence-corrected chi connectivity index (χ0v) is 10.2. The molecule has 0 aliphatic rings. The molecule has 5 heteroatoms. The lowest BCUT2D eigenvalue weighted by Gasteiger charge is -2.02. The van der Waals surface area contributed by atoms with Crippen molar-refractivity contribution in [2.24, 2.45) is 0 Å². The van der Waals surface area contributed by atoms with Gasteiger partial charge in [-0.25, -0.2) is 4.79 Å². The van der Waals surface area contributed by atoms with Crippen LogP contribution < -0.4 is 0 Å². The van der Waals surface area contributed by atoms with E-state index in [-0.39, 0.29) is 17.4 Å². The lowest BCUT2D eigenvalue weighted by atomic mass is 10.1. The van der Waals surface area contributed by atoms with Crippen molar-refractivity contribution in [2.75, 3.05) is 13.2 Å². The van der Waals surface area contributed by atoms with E-state index in [0.717, 1.165) is 5.56 Å². The summed E-state index contributed by atoms with van der Waals surface area (Å²) in [7, 11) is 0. The molecule has 0 fully saturated rings. The summed E-state index contributed by atoms with van der Waals surface area (Å²) in [5, 5.41) is 10.1. The number of esters is 1. The van der Waals surface area contributed by atoms with Crippen LogP contribution in [-0.2, 0) is 11.2 Å². The van der Waals surface area contributed by atoms with Crippen LogP contribution in [0, 0.1) is 10.1 Å². The Morgan fingerprint density at radius 1 is 1.33 bits per heavy atom. The van der Waals surface area contributed by atoms with Crippen molar-refractivity contribution in [3.05, 3.63) is 57.7 Å². The Hall–Kier alpha value is -2.17. The van der Waals surface area contributed by atoms with Gasteiger partial charge in [0.2, 0.25) is 6.54 Å². The molecule has 0 aromatic heterocycles. The molecule has 96 valence electrons. The maximum atomic E-state index is 11.4. The Morgan fingerprint density at radius 3 is 2.56 bits per heavy atom. The van der Waals surface area contributed by atoms with Gasteiger partial charge >= 0.3 is 5.97 Å². The highest BCUT2D eigenvalue weighted by molar-refractivity contribution is 5.89. The van der Waals surface area contributed by atoms with Crippen LogP contribution >= 0.6 is 0 Å². The average Bonchev–Trinajstić information content (AvgIpc) is 2.35. The molecular weight excluding hydrogens is 234 g/mol. The highest BCUT2D eigenvalue weighted by Crippen LogP contribution is 2.07. The SMILES string of the molecule is CCOC(=O)c1ccc(CC=CC[N+](=O)[O-])cc1. The fraction of sp³-hybridized carbons (Fsp3) is 0.308. The van der Waals surface area contributed by atoms with Crippen LogP contribution in [0.25, 0.3) is 0 Å². The number of hydrogen-bond donors (Lipinski definition) is 0. The van der Waals surface area contributed by atoms with E-state index in [0.29, 0.717) is 18.6 Å². The van der Waals surface area contributed by atoms with E-state index in [1.54, 1.807) is 25.1 Å². The number of carbonyl (C=O) groups excluding carboxylic acids is 1. The smallest absolute Gasteiger partial charge is 0.338 e. The van der Waals surface area contributed by atoms with Crippen LogP contribution in [0.1, 0.15) is 22.8 Å². The summed E-state index contributed by atoms with van der Waals surface area (Å²) in [5.41, 5.74) is 1.50. The Balaban J connectivity index is 2.52. The van der Waals surface area contributed by atoms with E-state index >= 15 is 0 Å². The number of ether oxygens (including phenoxy) is 1. The van der Waals surface area contributed by atoms with Gasteiger partial charge in [-0.2, -0.15) is 0 Å². The molecule has 18 heavy (non-hydrogen) atoms. The van der Waals surface area contributed by atoms with Crippen molar-refractivity contribution >= 4 is 5.97 Å². The minimum absolute atomic E-state index is 0.166. The van der Waals surface area contributed by atoms with Crippen LogP contribution in [0.4, 0.5) is 0 Å². The molecule has 0 unspecified atom stereocenters. The second-order valence-electron chi connectivity index (χ2n) is 3.61. The van der Waals surface area contributed by atoms with Crippen molar-refractivity contribution in [2.45, 2.75) is 13.3 Å². The third kappa shape index (κ3) is 4.78. The van der Waals surface area contributed by atoms with Crippen LogP contribution in [-0.4, -0.2) is 24.0 Å². The Bertz CT molecular complexity index is 437. The standard InChI is InChI=1S/C13H15NO4/c1-2-18-13(15)12-8-6-11(7-9-12)5-3-4-10-14(16)17/h3-4,6-9H,2,5,10H2,1H3. The normalized spacial score (nSPS) is 10.5. The number of carbonyl (C=O) groups is 1. The van der Waals surface area contributed by atoms with E-state index in [4.69, 9.17) is 4.74 Å². The molecular formula is C13H15NO4. The number of rotatable bonds is 6. The van der Waals surface area contributed by atoms with Crippen LogP contribution in [0.15, 0.2) is 36.4 Å². The van der Waals surface area contributed by atoms with Gasteiger partial charge in [0.15, 0.2) is 0 Å². The molecule has 0 bridgehead atoms. The number of benzene rings is 1. The van der Waals surface area contributed by atoms with E-state index in [2.05, 4.69) is 0 Å². The number of nitro groups is 1. The summed E-state index contributed by atoms with van der Waals surface area (Å²) in [6.45, 7) is 1.94. The molecule has 0 heterocycles. The van der Waals surface area contributed by atoms with E-state index in [1.165, 1.54) is 6.08 Å². The third-order valence-electron chi connectivity index (χ3n) is 2.24. The summed E-state index contributed by atoms with van der Waals surface area (Å²) in [4.78, 5) is 21.1. The van der Waals surface area contributed by atoms with Crippen molar-refractivity contribution in [1.29, 1.82) is 0 Å². The molecule has 0 radical (unpaired) electrons. The predicted molar refractivity (Wildman–Crippen MR) is 67.1 cm³/mol. The predicted octanol–water partition coefficient (Wildman–Crippen LogP) is 2.24. The van der Waals surface area contributed by atoms with Gasteiger partial charge in [0.25, 0.3) is 0 Å². The van der Waals surface area contributed by atoms with Gasteiger partial charge < -0.3 is 4.74 Å². The van der Waals surface area contributed by atoms with Gasteiger partial charge in [0.1, 0.15) is 0 Å². The lowest BCUT2D eigenvalue weighted by Crippen LogP contribution is -2.04. The molecule has 1 aromatic carbocycles. The molecule has 1 aromatic rings. The Labute approximate surface area is 105 Å². The average molecular weight is 249 g/mol. The monoisotopic (exact) mass is 249 g/mol. The first-order chi connectivity index (χ1) is 8.63. The molecule has 0 saturated heterocycles. The molecule has 0 saturated carbocycles. The first-order valence-corrected chi connectivity index (χ1v) is 5.66. The van der Waals surface area contributed by atoms with Crippen LogP contribution in [0.2, 0.25) is 0 Å². The number of allylic oxidation sites excluding steroid dienone is 1. The van der Waals surface area contributed by atoms with Crippen molar-refractivity contribution < 1.29 is 14.5 Å². The zero-order chi connectivity index (χ0) is 13.4. The summed E-state index contributed by atoms with van der Waals surface area (Å²) >= 11 is 0. The quantitative estimate of drug-likeness (QED) is 0.335. The fourth-order valence-corrected chi connectivity index (χ4v) is 1.37. The maximum Gasteiger partial charge on any atom is 0.338 e. The van der Waals surface area contributed by atoms with E-state index in [1.807, 2.05) is 12.1 Å². The summed E-state index contributed by atoms with van der Waals surface area (Å²) < 4.78 is 4.86. The summed E-state index contributed by atoms with van der Waals surface area (Å²) in [6.07, 6.45) is 3.86. The van der Waals surface area contributed by atoms with Gasteiger partial charge in [-0.15, -0.1) is 0 Å². The second kappa shape index (κ2) is 7.21. The largest absolute Gasteiger partial charge is 0.462 e. The molecule has 0 aliphatic carbocycles. The first kappa shape index (κ1) is 13.9. The highest BCUT2D eigenvalue weighted by atomic mass is 16.6. The van der Waals surface area contributed by atoms with Gasteiger partial charge in [-0.05, 0) is 37.1 Å². The highest BCUT2D eigenvalue weighted by Gasteiger charge is 2.04. The van der Waals surface area contributed by atoms with Crippen molar-refractivity contribution in [1.82, 2.24) is 0 Å². The zero-order valence-electron chi connectivity index (χ0n) is 10.2. The topological polar surface area (TPSA) is 69.4 Å². The molecule has 0 spiro atoms. The lowest BCUT2D eigenvalue weighted by molar-refractivity contribution is -0.468. The van der Waals surface area contributed by atoms with Gasteiger partial charge in [0.05, 0.1) is 12.2 Å². The molecule has 0 aliphatic heterocycles. The Kier molecular flexibility index (Phi) is 5.57. The van der Waals surface area contributed by atoms with Gasteiger partial charge in [-0.3, -0.25) is 10.1 Å². The maximum absolute atomic E-state index is 11.4. The van der Waals surface area contributed by atoms with Crippen molar-refractivity contribution in [3.8, 4) is 0 Å². The summed E-state index contributed by atoms with van der Waals surface area (Å²) in [5.74, 6) is -0.340. The molecule has 5 nitrogen and oxygen atoms in total. The van der Waals surface area contributed by atoms with E-state index < -0.39 is 0 Å². The fourth-order valence-electron chi connectivity index (χ4n) is 1.37. The first-order valence-electron chi connectivity index (χ1n) is 5.66. The second-order valence-corrected chi connectivity index (χ2v) is 3.61.